The highest BCUT2D eigenvalue weighted by molar-refractivity contribution is 8.03. The highest BCUT2D eigenvalue weighted by Crippen LogP contribution is 2.35. The van der Waals surface area contributed by atoms with Crippen molar-refractivity contribution in [3.8, 4) is 0 Å². The highest BCUT2D eigenvalue weighted by atomic mass is 32.3. The number of nitrogens with two attached hydrogens (primary N) is 1. The van der Waals surface area contributed by atoms with Crippen molar-refractivity contribution in [2.75, 3.05) is 0 Å². The van der Waals surface area contributed by atoms with Gasteiger partial charge in [0.15, 0.2) is 4.34 Å². The minimum Gasteiger partial charge on any atom is -0.238 e. The second kappa shape index (κ2) is 4.22. The maximum absolute atomic E-state index is 11.0. The summed E-state index contributed by atoms with van der Waals surface area (Å²) >= 11 is 4.10. The molecule has 0 aromatic carbocycles. The van der Waals surface area contributed by atoms with Crippen LogP contribution in [0.15, 0.2) is 36.5 Å². The molecule has 0 aliphatic rings. The van der Waals surface area contributed by atoms with Gasteiger partial charge in [0.05, 0.1) is 4.21 Å². The van der Waals surface area contributed by atoms with E-state index in [4.69, 9.17) is 5.14 Å². The number of thiophene rings is 1. The van der Waals surface area contributed by atoms with Gasteiger partial charge in [0, 0.05) is 11.6 Å². The molecule has 80 valence electrons. The van der Waals surface area contributed by atoms with E-state index >= 15 is 0 Å². The van der Waals surface area contributed by atoms with Crippen LogP contribution in [0.25, 0.3) is 0 Å². The van der Waals surface area contributed by atoms with Crippen LogP contribution in [-0.4, -0.2) is 13.4 Å². The van der Waals surface area contributed by atoms with Crippen LogP contribution in [0.3, 0.4) is 0 Å². The molecule has 0 amide bonds. The molecule has 8 heteroatoms. The van der Waals surface area contributed by atoms with Crippen LogP contribution in [-0.2, 0) is 10.0 Å². The second-order valence-corrected chi connectivity index (χ2v) is 7.83. The lowest BCUT2D eigenvalue weighted by Gasteiger charge is -1.91. The summed E-state index contributed by atoms with van der Waals surface area (Å²) in [5.41, 5.74) is 0. The maximum atomic E-state index is 11.0. The van der Waals surface area contributed by atoms with E-state index < -0.39 is 10.0 Å². The van der Waals surface area contributed by atoms with Gasteiger partial charge in [0.25, 0.3) is 0 Å². The molecule has 4 nitrogen and oxygen atoms in total. The lowest BCUT2D eigenvalue weighted by molar-refractivity contribution is 0.600. The van der Waals surface area contributed by atoms with Crippen LogP contribution >= 0.6 is 34.4 Å². The number of primary sulfonamides is 1. The summed E-state index contributed by atoms with van der Waals surface area (Å²) in [6, 6.07) is 3.24. The molecular weight excluding hydrogens is 272 g/mol. The SMILES string of the molecule is NS(=O)(=O)c1ccc(Sc2nccs2)s1. The maximum Gasteiger partial charge on any atom is 0.247 e. The van der Waals surface area contributed by atoms with Crippen LogP contribution in [0.1, 0.15) is 0 Å². The van der Waals surface area contributed by atoms with Crippen molar-refractivity contribution in [3.63, 3.8) is 0 Å². The Kier molecular flexibility index (Phi) is 3.12. The minimum atomic E-state index is -3.57. The number of hydrogen-bond donors (Lipinski definition) is 1. The molecule has 0 bridgehead atoms. The summed E-state index contributed by atoms with van der Waals surface area (Å²) < 4.78 is 24.0. The summed E-state index contributed by atoms with van der Waals surface area (Å²) in [5.74, 6) is 0. The molecule has 0 saturated carbocycles. The molecule has 0 aliphatic carbocycles. The van der Waals surface area contributed by atoms with Gasteiger partial charge < -0.3 is 0 Å². The molecule has 15 heavy (non-hydrogen) atoms. The van der Waals surface area contributed by atoms with Gasteiger partial charge in [0.1, 0.15) is 4.21 Å². The predicted molar refractivity (Wildman–Crippen MR) is 61.9 cm³/mol. The molecule has 2 aromatic rings. The summed E-state index contributed by atoms with van der Waals surface area (Å²) in [6.45, 7) is 0. The van der Waals surface area contributed by atoms with Crippen molar-refractivity contribution in [1.29, 1.82) is 0 Å². The lowest BCUT2D eigenvalue weighted by Crippen LogP contribution is -2.09. The van der Waals surface area contributed by atoms with E-state index in [1.54, 1.807) is 12.3 Å². The first kappa shape index (κ1) is 11.1. The lowest BCUT2D eigenvalue weighted by atomic mass is 10.7. The molecule has 0 spiro atoms. The monoisotopic (exact) mass is 278 g/mol. The van der Waals surface area contributed by atoms with Crippen molar-refractivity contribution < 1.29 is 8.42 Å². The predicted octanol–water partition coefficient (Wildman–Crippen LogP) is 2.00. The normalized spacial score (nSPS) is 11.8. The molecule has 0 atom stereocenters. The van der Waals surface area contributed by atoms with Crippen molar-refractivity contribution in [3.05, 3.63) is 23.7 Å². The van der Waals surface area contributed by atoms with Gasteiger partial charge in [-0.05, 0) is 23.9 Å². The summed E-state index contributed by atoms with van der Waals surface area (Å²) in [7, 11) is -3.57. The summed E-state index contributed by atoms with van der Waals surface area (Å²) in [6.07, 6.45) is 1.71. The van der Waals surface area contributed by atoms with E-state index in [2.05, 4.69) is 4.98 Å². The Hall–Kier alpha value is -0.410. The van der Waals surface area contributed by atoms with Crippen LogP contribution < -0.4 is 5.14 Å². The minimum absolute atomic E-state index is 0.182. The van der Waals surface area contributed by atoms with Crippen LogP contribution in [0, 0.1) is 0 Å². The average molecular weight is 278 g/mol. The van der Waals surface area contributed by atoms with Gasteiger partial charge in [-0.2, -0.15) is 0 Å². The third-order valence-corrected chi connectivity index (χ3v) is 5.97. The standard InChI is InChI=1S/C7H6N2O2S4/c8-15(10,11)6-2-1-5(13-6)14-7-9-3-4-12-7/h1-4H,(H2,8,10,11). The smallest absolute Gasteiger partial charge is 0.238 e. The molecule has 0 saturated heterocycles. The molecule has 0 radical (unpaired) electrons. The van der Waals surface area contributed by atoms with E-state index in [-0.39, 0.29) is 4.21 Å². The Morgan fingerprint density at radius 1 is 1.40 bits per heavy atom. The van der Waals surface area contributed by atoms with Crippen molar-refractivity contribution in [2.24, 2.45) is 5.14 Å². The Morgan fingerprint density at radius 2 is 2.20 bits per heavy atom. The Morgan fingerprint density at radius 3 is 2.73 bits per heavy atom. The van der Waals surface area contributed by atoms with Gasteiger partial charge in [0.2, 0.25) is 10.0 Å². The Balaban J connectivity index is 2.22. The van der Waals surface area contributed by atoms with E-state index in [0.717, 1.165) is 19.9 Å². The fourth-order valence-corrected chi connectivity index (χ4v) is 4.72. The number of thiazole rings is 1. The topological polar surface area (TPSA) is 73.1 Å². The van der Waals surface area contributed by atoms with Gasteiger partial charge in [-0.25, -0.2) is 18.5 Å². The van der Waals surface area contributed by atoms with Crippen molar-refractivity contribution in [2.45, 2.75) is 12.8 Å². The Bertz CT molecular complexity index is 543. The fraction of sp³-hybridized carbons (Fsp3) is 0. The third kappa shape index (κ3) is 2.79. The van der Waals surface area contributed by atoms with Crippen molar-refractivity contribution in [1.82, 2.24) is 4.98 Å². The molecule has 2 aromatic heterocycles. The van der Waals surface area contributed by atoms with E-state index in [0.29, 0.717) is 0 Å². The zero-order chi connectivity index (χ0) is 10.9. The second-order valence-electron chi connectivity index (χ2n) is 2.52. The zero-order valence-corrected chi connectivity index (χ0v) is 10.5. The average Bonchev–Trinajstić information content (AvgIpc) is 2.73. The number of aromatic nitrogens is 1. The Labute approximate surface area is 99.2 Å². The van der Waals surface area contributed by atoms with Crippen LogP contribution in [0.2, 0.25) is 0 Å². The first-order valence-corrected chi connectivity index (χ1v) is 7.81. The first-order chi connectivity index (χ1) is 7.05. The number of rotatable bonds is 3. The number of sulfonamides is 1. The zero-order valence-electron chi connectivity index (χ0n) is 7.28. The molecule has 0 aliphatic heterocycles. The summed E-state index contributed by atoms with van der Waals surface area (Å²) in [4.78, 5) is 4.09. The molecule has 2 rings (SSSR count). The van der Waals surface area contributed by atoms with Gasteiger partial charge in [-0.15, -0.1) is 22.7 Å². The molecule has 2 heterocycles. The molecule has 0 unspecified atom stereocenters. The summed E-state index contributed by atoms with van der Waals surface area (Å²) in [5, 5.41) is 6.88. The quantitative estimate of drug-likeness (QED) is 0.932. The first-order valence-electron chi connectivity index (χ1n) is 3.76. The fourth-order valence-electron chi connectivity index (χ4n) is 0.858. The molecular formula is C7H6N2O2S4. The van der Waals surface area contributed by atoms with Crippen LogP contribution in [0.4, 0.5) is 0 Å². The highest BCUT2D eigenvalue weighted by Gasteiger charge is 2.12. The van der Waals surface area contributed by atoms with E-state index in [9.17, 15) is 8.42 Å². The number of nitrogens with zero attached hydrogens (tertiary/aromatic N) is 1. The van der Waals surface area contributed by atoms with E-state index in [1.807, 2.05) is 5.38 Å². The third-order valence-electron chi connectivity index (χ3n) is 1.43. The van der Waals surface area contributed by atoms with E-state index in [1.165, 1.54) is 29.2 Å². The van der Waals surface area contributed by atoms with Crippen molar-refractivity contribution >= 4 is 44.5 Å². The molecule has 0 fully saturated rings. The van der Waals surface area contributed by atoms with Gasteiger partial charge in [-0.3, -0.25) is 0 Å². The van der Waals surface area contributed by atoms with Gasteiger partial charge in [-0.1, -0.05) is 0 Å². The molecule has 2 N–H and O–H groups in total. The number of hydrogen-bond acceptors (Lipinski definition) is 6. The van der Waals surface area contributed by atoms with Gasteiger partial charge >= 0.3 is 0 Å². The largest absolute Gasteiger partial charge is 0.247 e. The van der Waals surface area contributed by atoms with Crippen LogP contribution in [0.5, 0.6) is 0 Å².